The standard InChI is InChI=1S/C18H32N4.HI/c1-7-19-17(21-14(2)3)20-13-18(5,6)22-15(4)16-11-9-8-10-12-16;/h8-12,14-15,22H,7,13H2,1-6H3,(H2,19,20,21);1H. The second-order valence-corrected chi connectivity index (χ2v) is 6.65. The van der Waals surface area contributed by atoms with Gasteiger partial charge in [0.2, 0.25) is 0 Å². The minimum atomic E-state index is -0.0748. The first-order valence-corrected chi connectivity index (χ1v) is 8.21. The maximum atomic E-state index is 4.70. The van der Waals surface area contributed by atoms with E-state index in [1.165, 1.54) is 5.56 Å². The van der Waals surface area contributed by atoms with E-state index in [0.717, 1.165) is 12.5 Å². The van der Waals surface area contributed by atoms with Crippen molar-refractivity contribution < 1.29 is 0 Å². The van der Waals surface area contributed by atoms with E-state index in [9.17, 15) is 0 Å². The highest BCUT2D eigenvalue weighted by Gasteiger charge is 2.20. The molecule has 132 valence electrons. The molecule has 1 unspecified atom stereocenters. The third-order valence-electron chi connectivity index (χ3n) is 3.31. The minimum absolute atomic E-state index is 0. The van der Waals surface area contributed by atoms with Crippen molar-refractivity contribution in [3.8, 4) is 0 Å². The van der Waals surface area contributed by atoms with Crippen LogP contribution >= 0.6 is 24.0 Å². The maximum absolute atomic E-state index is 4.70. The second-order valence-electron chi connectivity index (χ2n) is 6.65. The van der Waals surface area contributed by atoms with Crippen molar-refractivity contribution in [2.45, 2.75) is 59.2 Å². The Balaban J connectivity index is 0.00000484. The third kappa shape index (κ3) is 9.15. The van der Waals surface area contributed by atoms with E-state index >= 15 is 0 Å². The Morgan fingerprint density at radius 3 is 2.26 bits per heavy atom. The second kappa shape index (κ2) is 10.9. The zero-order valence-electron chi connectivity index (χ0n) is 15.3. The Hall–Kier alpha value is -0.820. The summed E-state index contributed by atoms with van der Waals surface area (Å²) in [7, 11) is 0. The Morgan fingerprint density at radius 2 is 1.74 bits per heavy atom. The molecule has 1 aromatic rings. The molecule has 0 saturated carbocycles. The lowest BCUT2D eigenvalue weighted by Gasteiger charge is -2.29. The summed E-state index contributed by atoms with van der Waals surface area (Å²) in [6, 6.07) is 11.2. The first-order valence-electron chi connectivity index (χ1n) is 8.21. The molecule has 0 spiro atoms. The Morgan fingerprint density at radius 1 is 1.13 bits per heavy atom. The highest BCUT2D eigenvalue weighted by molar-refractivity contribution is 14.0. The molecule has 1 aromatic carbocycles. The molecular formula is C18H33IN4. The highest BCUT2D eigenvalue weighted by Crippen LogP contribution is 2.16. The molecule has 0 aliphatic carbocycles. The topological polar surface area (TPSA) is 48.5 Å². The van der Waals surface area contributed by atoms with Gasteiger partial charge in [-0.25, -0.2) is 0 Å². The van der Waals surface area contributed by atoms with Crippen LogP contribution in [0.25, 0.3) is 0 Å². The minimum Gasteiger partial charge on any atom is -0.357 e. The van der Waals surface area contributed by atoms with Crippen LogP contribution in [0.15, 0.2) is 35.3 Å². The van der Waals surface area contributed by atoms with Crippen LogP contribution in [0.3, 0.4) is 0 Å². The van der Waals surface area contributed by atoms with Gasteiger partial charge in [0.1, 0.15) is 0 Å². The van der Waals surface area contributed by atoms with Crippen LogP contribution in [0.1, 0.15) is 53.1 Å². The molecule has 0 heterocycles. The molecule has 5 heteroatoms. The fourth-order valence-electron chi connectivity index (χ4n) is 2.33. The average Bonchev–Trinajstić information content (AvgIpc) is 2.45. The van der Waals surface area contributed by atoms with E-state index in [1.54, 1.807) is 0 Å². The predicted octanol–water partition coefficient (Wildman–Crippen LogP) is 3.70. The SMILES string of the molecule is CCNC(=NCC(C)(C)NC(C)c1ccccc1)NC(C)C.I. The lowest BCUT2D eigenvalue weighted by molar-refractivity contribution is 0.356. The van der Waals surface area contributed by atoms with E-state index < -0.39 is 0 Å². The fourth-order valence-corrected chi connectivity index (χ4v) is 2.33. The van der Waals surface area contributed by atoms with Crippen LogP contribution < -0.4 is 16.0 Å². The van der Waals surface area contributed by atoms with Gasteiger partial charge in [0, 0.05) is 24.2 Å². The van der Waals surface area contributed by atoms with Gasteiger partial charge in [0.25, 0.3) is 0 Å². The van der Waals surface area contributed by atoms with E-state index in [4.69, 9.17) is 4.99 Å². The number of guanidine groups is 1. The fraction of sp³-hybridized carbons (Fsp3) is 0.611. The summed E-state index contributed by atoms with van der Waals surface area (Å²) in [5.74, 6) is 0.875. The van der Waals surface area contributed by atoms with E-state index in [1.807, 2.05) is 6.07 Å². The molecule has 0 amide bonds. The predicted molar refractivity (Wildman–Crippen MR) is 112 cm³/mol. The molecule has 0 aliphatic rings. The molecule has 1 atom stereocenters. The Kier molecular flexibility index (Phi) is 10.5. The van der Waals surface area contributed by atoms with Gasteiger partial charge in [-0.1, -0.05) is 30.3 Å². The third-order valence-corrected chi connectivity index (χ3v) is 3.31. The summed E-state index contributed by atoms with van der Waals surface area (Å²) in [6.07, 6.45) is 0. The van der Waals surface area contributed by atoms with Crippen molar-refractivity contribution in [3.05, 3.63) is 35.9 Å². The van der Waals surface area contributed by atoms with Gasteiger partial charge in [-0.05, 0) is 47.1 Å². The number of nitrogens with one attached hydrogen (secondary N) is 3. The van der Waals surface area contributed by atoms with Gasteiger partial charge in [-0.15, -0.1) is 24.0 Å². The number of rotatable bonds is 7. The van der Waals surface area contributed by atoms with Gasteiger partial charge in [0.05, 0.1) is 6.54 Å². The molecule has 4 nitrogen and oxygen atoms in total. The monoisotopic (exact) mass is 432 g/mol. The molecule has 0 aromatic heterocycles. The number of nitrogens with zero attached hydrogens (tertiary/aromatic N) is 1. The number of hydrogen-bond donors (Lipinski definition) is 3. The molecule has 23 heavy (non-hydrogen) atoms. The van der Waals surface area contributed by atoms with Crippen molar-refractivity contribution in [2.24, 2.45) is 4.99 Å². The summed E-state index contributed by atoms with van der Waals surface area (Å²) in [5.41, 5.74) is 1.22. The summed E-state index contributed by atoms with van der Waals surface area (Å²) in [5, 5.41) is 10.3. The summed E-state index contributed by atoms with van der Waals surface area (Å²) in [4.78, 5) is 4.70. The first-order chi connectivity index (χ1) is 10.3. The zero-order valence-corrected chi connectivity index (χ0v) is 17.6. The van der Waals surface area contributed by atoms with Crippen molar-refractivity contribution in [1.82, 2.24) is 16.0 Å². The van der Waals surface area contributed by atoms with Crippen LogP contribution in [-0.4, -0.2) is 30.6 Å². The lowest BCUT2D eigenvalue weighted by Crippen LogP contribution is -2.46. The number of aliphatic imine (C=N–C) groups is 1. The van der Waals surface area contributed by atoms with Crippen LogP contribution in [0.4, 0.5) is 0 Å². The van der Waals surface area contributed by atoms with Crippen molar-refractivity contribution in [1.29, 1.82) is 0 Å². The molecule has 0 bridgehead atoms. The van der Waals surface area contributed by atoms with Gasteiger partial charge in [-0.2, -0.15) is 0 Å². The Bertz CT molecular complexity index is 457. The number of benzene rings is 1. The quantitative estimate of drug-likeness (QED) is 0.350. The normalized spacial score (nSPS) is 13.4. The van der Waals surface area contributed by atoms with Crippen molar-refractivity contribution in [3.63, 3.8) is 0 Å². The molecule has 3 N–H and O–H groups in total. The zero-order chi connectivity index (χ0) is 16.6. The number of hydrogen-bond acceptors (Lipinski definition) is 2. The van der Waals surface area contributed by atoms with Crippen LogP contribution in [-0.2, 0) is 0 Å². The van der Waals surface area contributed by atoms with Gasteiger partial charge in [-0.3, -0.25) is 4.99 Å². The molecule has 0 aliphatic heterocycles. The first kappa shape index (κ1) is 22.2. The van der Waals surface area contributed by atoms with Crippen molar-refractivity contribution in [2.75, 3.05) is 13.1 Å². The maximum Gasteiger partial charge on any atom is 0.191 e. The Labute approximate surface area is 158 Å². The average molecular weight is 432 g/mol. The summed E-state index contributed by atoms with van der Waals surface area (Å²) in [6.45, 7) is 14.5. The van der Waals surface area contributed by atoms with E-state index in [0.29, 0.717) is 18.6 Å². The molecule has 0 saturated heterocycles. The van der Waals surface area contributed by atoms with Crippen LogP contribution in [0.5, 0.6) is 0 Å². The molecule has 0 fully saturated rings. The molecule has 0 radical (unpaired) electrons. The smallest absolute Gasteiger partial charge is 0.191 e. The largest absolute Gasteiger partial charge is 0.357 e. The summed E-state index contributed by atoms with van der Waals surface area (Å²) >= 11 is 0. The number of halogens is 1. The lowest BCUT2D eigenvalue weighted by atomic mass is 10.0. The van der Waals surface area contributed by atoms with Crippen LogP contribution in [0, 0.1) is 0 Å². The van der Waals surface area contributed by atoms with Gasteiger partial charge >= 0.3 is 0 Å². The van der Waals surface area contributed by atoms with Gasteiger partial charge in [0.15, 0.2) is 5.96 Å². The van der Waals surface area contributed by atoms with E-state index in [-0.39, 0.29) is 29.5 Å². The highest BCUT2D eigenvalue weighted by atomic mass is 127. The van der Waals surface area contributed by atoms with Gasteiger partial charge < -0.3 is 16.0 Å². The summed E-state index contributed by atoms with van der Waals surface area (Å²) < 4.78 is 0. The van der Waals surface area contributed by atoms with E-state index in [2.05, 4.69) is 81.8 Å². The molecule has 1 rings (SSSR count). The van der Waals surface area contributed by atoms with Crippen LogP contribution in [0.2, 0.25) is 0 Å². The molecular weight excluding hydrogens is 399 g/mol. The van der Waals surface area contributed by atoms with Crippen molar-refractivity contribution >= 4 is 29.9 Å².